The minimum Gasteiger partial charge on any atom is -0.369 e. The lowest BCUT2D eigenvalue weighted by molar-refractivity contribution is -0.122. The van der Waals surface area contributed by atoms with Crippen LogP contribution in [0.4, 0.5) is 5.69 Å². The first kappa shape index (κ1) is 19.0. The number of hydrogen-bond acceptors (Lipinski definition) is 4. The Morgan fingerprint density at radius 2 is 1.54 bits per heavy atom. The summed E-state index contributed by atoms with van der Waals surface area (Å²) in [6, 6.07) is 21.4. The van der Waals surface area contributed by atoms with E-state index in [0.29, 0.717) is 6.54 Å². The SMILES string of the molecule is O=C(CN1CCN(c2ccccc2)CC1)N[C@@H]1CCN(Cc2ccccc2)C1. The topological polar surface area (TPSA) is 38.8 Å². The van der Waals surface area contributed by atoms with E-state index in [-0.39, 0.29) is 11.9 Å². The van der Waals surface area contributed by atoms with Gasteiger partial charge in [0.05, 0.1) is 6.54 Å². The third-order valence-electron chi connectivity index (χ3n) is 5.75. The van der Waals surface area contributed by atoms with Gasteiger partial charge < -0.3 is 10.2 Å². The van der Waals surface area contributed by atoms with Crippen LogP contribution in [-0.2, 0) is 11.3 Å². The molecule has 28 heavy (non-hydrogen) atoms. The summed E-state index contributed by atoms with van der Waals surface area (Å²) in [7, 11) is 0. The van der Waals surface area contributed by atoms with E-state index in [1.54, 1.807) is 0 Å². The monoisotopic (exact) mass is 378 g/mol. The zero-order valence-electron chi connectivity index (χ0n) is 16.5. The molecule has 2 aliphatic heterocycles. The number of hydrogen-bond donors (Lipinski definition) is 1. The first-order valence-corrected chi connectivity index (χ1v) is 10.3. The number of benzene rings is 2. The number of para-hydroxylation sites is 1. The van der Waals surface area contributed by atoms with Gasteiger partial charge in [-0.3, -0.25) is 14.6 Å². The van der Waals surface area contributed by atoms with E-state index in [4.69, 9.17) is 0 Å². The molecule has 2 saturated heterocycles. The Morgan fingerprint density at radius 3 is 2.25 bits per heavy atom. The maximum atomic E-state index is 12.5. The highest BCUT2D eigenvalue weighted by atomic mass is 16.2. The molecule has 4 rings (SSSR count). The highest BCUT2D eigenvalue weighted by molar-refractivity contribution is 5.78. The number of anilines is 1. The molecule has 0 spiro atoms. The summed E-state index contributed by atoms with van der Waals surface area (Å²) in [4.78, 5) is 19.6. The van der Waals surface area contributed by atoms with Gasteiger partial charge >= 0.3 is 0 Å². The Balaban J connectivity index is 1.17. The van der Waals surface area contributed by atoms with Crippen LogP contribution < -0.4 is 10.2 Å². The van der Waals surface area contributed by atoms with Gasteiger partial charge in [0, 0.05) is 57.5 Å². The Morgan fingerprint density at radius 1 is 0.857 bits per heavy atom. The van der Waals surface area contributed by atoms with Crippen molar-refractivity contribution in [2.24, 2.45) is 0 Å². The smallest absolute Gasteiger partial charge is 0.234 e. The van der Waals surface area contributed by atoms with Crippen LogP contribution in [0.15, 0.2) is 60.7 Å². The molecule has 2 aromatic rings. The highest BCUT2D eigenvalue weighted by Gasteiger charge is 2.25. The largest absolute Gasteiger partial charge is 0.369 e. The molecule has 2 aliphatic rings. The van der Waals surface area contributed by atoms with Crippen molar-refractivity contribution in [1.82, 2.24) is 15.1 Å². The maximum Gasteiger partial charge on any atom is 0.234 e. The molecular weight excluding hydrogens is 348 g/mol. The molecule has 2 heterocycles. The van der Waals surface area contributed by atoms with Gasteiger partial charge in [-0.05, 0) is 24.1 Å². The van der Waals surface area contributed by atoms with Crippen LogP contribution in [0.1, 0.15) is 12.0 Å². The third kappa shape index (κ3) is 5.12. The first-order chi connectivity index (χ1) is 13.8. The summed E-state index contributed by atoms with van der Waals surface area (Å²) in [5.74, 6) is 0.166. The molecule has 5 heteroatoms. The molecule has 0 radical (unpaired) electrons. The second kappa shape index (κ2) is 9.22. The summed E-state index contributed by atoms with van der Waals surface area (Å²) >= 11 is 0. The summed E-state index contributed by atoms with van der Waals surface area (Å²) in [5, 5.41) is 3.25. The normalized spacial score (nSPS) is 21.0. The molecule has 0 aromatic heterocycles. The average molecular weight is 379 g/mol. The Hall–Kier alpha value is -2.37. The van der Waals surface area contributed by atoms with Gasteiger partial charge in [-0.1, -0.05) is 48.5 Å². The molecule has 1 N–H and O–H groups in total. The fraction of sp³-hybridized carbons (Fsp3) is 0.435. The summed E-state index contributed by atoms with van der Waals surface area (Å²) in [6.45, 7) is 7.31. The molecular formula is C23H30N4O. The van der Waals surface area contributed by atoms with E-state index in [1.807, 2.05) is 6.07 Å². The second-order valence-corrected chi connectivity index (χ2v) is 7.87. The zero-order chi connectivity index (χ0) is 19.2. The minimum atomic E-state index is 0.166. The number of piperazine rings is 1. The van der Waals surface area contributed by atoms with Gasteiger partial charge in [-0.2, -0.15) is 0 Å². The lowest BCUT2D eigenvalue weighted by Crippen LogP contribution is -2.50. The lowest BCUT2D eigenvalue weighted by Gasteiger charge is -2.35. The molecule has 1 amide bonds. The minimum absolute atomic E-state index is 0.166. The van der Waals surface area contributed by atoms with Crippen LogP contribution >= 0.6 is 0 Å². The van der Waals surface area contributed by atoms with Crippen LogP contribution in [0.5, 0.6) is 0 Å². The lowest BCUT2D eigenvalue weighted by atomic mass is 10.2. The van der Waals surface area contributed by atoms with Gasteiger partial charge in [0.1, 0.15) is 0 Å². The molecule has 148 valence electrons. The Bertz CT molecular complexity index is 738. The van der Waals surface area contributed by atoms with Crippen molar-refractivity contribution in [3.8, 4) is 0 Å². The number of nitrogens with one attached hydrogen (secondary N) is 1. The predicted octanol–water partition coefficient (Wildman–Crippen LogP) is 2.20. The van der Waals surface area contributed by atoms with Gasteiger partial charge in [0.15, 0.2) is 0 Å². The third-order valence-corrected chi connectivity index (χ3v) is 5.75. The first-order valence-electron chi connectivity index (χ1n) is 10.3. The molecule has 1 atom stereocenters. The number of carbonyl (C=O) groups is 1. The van der Waals surface area contributed by atoms with Crippen LogP contribution in [0, 0.1) is 0 Å². The van der Waals surface area contributed by atoms with E-state index in [0.717, 1.165) is 52.2 Å². The van der Waals surface area contributed by atoms with Gasteiger partial charge in [-0.25, -0.2) is 0 Å². The van der Waals surface area contributed by atoms with Crippen molar-refractivity contribution < 1.29 is 4.79 Å². The molecule has 0 unspecified atom stereocenters. The number of likely N-dealkylation sites (tertiary alicyclic amines) is 1. The molecule has 0 aliphatic carbocycles. The van der Waals surface area contributed by atoms with Crippen LogP contribution in [0.25, 0.3) is 0 Å². The fourth-order valence-corrected chi connectivity index (χ4v) is 4.22. The van der Waals surface area contributed by atoms with Crippen LogP contribution in [0.3, 0.4) is 0 Å². The van der Waals surface area contributed by atoms with Crippen molar-refractivity contribution in [2.75, 3.05) is 50.7 Å². The zero-order valence-corrected chi connectivity index (χ0v) is 16.5. The van der Waals surface area contributed by atoms with Crippen LogP contribution in [0.2, 0.25) is 0 Å². The van der Waals surface area contributed by atoms with Crippen molar-refractivity contribution >= 4 is 11.6 Å². The second-order valence-electron chi connectivity index (χ2n) is 7.87. The van der Waals surface area contributed by atoms with Crippen molar-refractivity contribution in [1.29, 1.82) is 0 Å². The molecule has 2 fully saturated rings. The Kier molecular flexibility index (Phi) is 6.24. The Labute approximate surface area is 167 Å². The molecule has 0 saturated carbocycles. The molecule has 2 aromatic carbocycles. The number of carbonyl (C=O) groups excluding carboxylic acids is 1. The van der Waals surface area contributed by atoms with E-state index in [2.05, 4.69) is 74.6 Å². The van der Waals surface area contributed by atoms with Crippen molar-refractivity contribution in [3.05, 3.63) is 66.2 Å². The average Bonchev–Trinajstić information content (AvgIpc) is 3.16. The number of nitrogens with zero attached hydrogens (tertiary/aromatic N) is 3. The number of amides is 1. The summed E-state index contributed by atoms with van der Waals surface area (Å²) in [6.07, 6.45) is 1.04. The van der Waals surface area contributed by atoms with Gasteiger partial charge in [-0.15, -0.1) is 0 Å². The quantitative estimate of drug-likeness (QED) is 0.837. The summed E-state index contributed by atoms with van der Waals surface area (Å²) < 4.78 is 0. The van der Waals surface area contributed by atoms with Crippen molar-refractivity contribution in [3.63, 3.8) is 0 Å². The van der Waals surface area contributed by atoms with Crippen LogP contribution in [-0.4, -0.2) is 67.6 Å². The predicted molar refractivity (Wildman–Crippen MR) is 113 cm³/mol. The van der Waals surface area contributed by atoms with E-state index >= 15 is 0 Å². The van der Waals surface area contributed by atoms with E-state index < -0.39 is 0 Å². The van der Waals surface area contributed by atoms with Gasteiger partial charge in [0.2, 0.25) is 5.91 Å². The van der Waals surface area contributed by atoms with E-state index in [1.165, 1.54) is 11.3 Å². The summed E-state index contributed by atoms with van der Waals surface area (Å²) in [5.41, 5.74) is 2.61. The molecule has 5 nitrogen and oxygen atoms in total. The van der Waals surface area contributed by atoms with E-state index in [9.17, 15) is 4.79 Å². The maximum absolute atomic E-state index is 12.5. The van der Waals surface area contributed by atoms with Crippen molar-refractivity contribution in [2.45, 2.75) is 19.0 Å². The fourth-order valence-electron chi connectivity index (χ4n) is 4.22. The standard InChI is InChI=1S/C23H30N4O/c28-23(19-25-13-15-27(16-14-25)22-9-5-2-6-10-22)24-21-11-12-26(18-21)17-20-7-3-1-4-8-20/h1-10,21H,11-19H2,(H,24,28)/t21-/m1/s1. The van der Waals surface area contributed by atoms with Gasteiger partial charge in [0.25, 0.3) is 0 Å². The number of rotatable bonds is 6. The molecule has 0 bridgehead atoms. The highest BCUT2D eigenvalue weighted by Crippen LogP contribution is 2.16.